The first-order valence-electron chi connectivity index (χ1n) is 7.67. The van der Waals surface area contributed by atoms with E-state index in [-0.39, 0.29) is 11.4 Å². The molecule has 3 rings (SSSR count). The normalized spacial score (nSPS) is 11.1. The Hall–Kier alpha value is -3.56. The predicted molar refractivity (Wildman–Crippen MR) is 90.4 cm³/mol. The van der Waals surface area contributed by atoms with Gasteiger partial charge in [0.25, 0.3) is 5.91 Å². The SMILES string of the molecule is COc1ccc(-n2cc(C(=O)NNc3cccc(C(F)(F)F)c3)nn2)cc1. The maximum absolute atomic E-state index is 12.7. The fourth-order valence-corrected chi connectivity index (χ4v) is 2.20. The molecule has 0 aliphatic carbocycles. The van der Waals surface area contributed by atoms with Gasteiger partial charge in [0.1, 0.15) is 5.75 Å². The highest BCUT2D eigenvalue weighted by Crippen LogP contribution is 2.30. The molecule has 7 nitrogen and oxygen atoms in total. The molecule has 1 heterocycles. The molecule has 140 valence electrons. The van der Waals surface area contributed by atoms with E-state index in [1.807, 2.05) is 0 Å². The number of nitrogens with one attached hydrogen (secondary N) is 2. The molecule has 0 spiro atoms. The van der Waals surface area contributed by atoms with Gasteiger partial charge in [-0.25, -0.2) is 4.68 Å². The van der Waals surface area contributed by atoms with Gasteiger partial charge in [0.2, 0.25) is 0 Å². The minimum atomic E-state index is -4.47. The third-order valence-electron chi connectivity index (χ3n) is 3.57. The molecule has 0 saturated heterocycles. The quantitative estimate of drug-likeness (QED) is 0.668. The van der Waals surface area contributed by atoms with Crippen LogP contribution in [0.5, 0.6) is 5.75 Å². The largest absolute Gasteiger partial charge is 0.497 e. The summed E-state index contributed by atoms with van der Waals surface area (Å²) in [7, 11) is 1.55. The van der Waals surface area contributed by atoms with Crippen molar-refractivity contribution in [2.75, 3.05) is 12.5 Å². The van der Waals surface area contributed by atoms with Gasteiger partial charge in [-0.15, -0.1) is 5.10 Å². The summed E-state index contributed by atoms with van der Waals surface area (Å²) < 4.78 is 44.5. The fraction of sp³-hybridized carbons (Fsp3) is 0.118. The molecule has 3 aromatic rings. The first kappa shape index (κ1) is 18.2. The standard InChI is InChI=1S/C17H14F3N5O2/c1-27-14-7-5-13(6-8-14)25-10-15(22-24-25)16(26)23-21-12-4-2-3-11(9-12)17(18,19)20/h2-10,21H,1H3,(H,23,26). The summed E-state index contributed by atoms with van der Waals surface area (Å²) in [5, 5.41) is 7.61. The zero-order valence-electron chi connectivity index (χ0n) is 14.0. The van der Waals surface area contributed by atoms with E-state index in [0.717, 1.165) is 12.1 Å². The number of carbonyl (C=O) groups excluding carboxylic acids is 1. The highest BCUT2D eigenvalue weighted by Gasteiger charge is 2.30. The molecule has 0 radical (unpaired) electrons. The number of carbonyl (C=O) groups is 1. The molecular weight excluding hydrogens is 363 g/mol. The van der Waals surface area contributed by atoms with Gasteiger partial charge < -0.3 is 4.74 Å². The summed E-state index contributed by atoms with van der Waals surface area (Å²) in [6, 6.07) is 11.4. The maximum Gasteiger partial charge on any atom is 0.416 e. The van der Waals surface area contributed by atoms with Crippen molar-refractivity contribution in [1.82, 2.24) is 20.4 Å². The first-order chi connectivity index (χ1) is 12.9. The number of methoxy groups -OCH3 is 1. The smallest absolute Gasteiger partial charge is 0.416 e. The van der Waals surface area contributed by atoms with Gasteiger partial charge in [-0.3, -0.25) is 15.6 Å². The zero-order valence-corrected chi connectivity index (χ0v) is 14.0. The molecule has 0 fully saturated rings. The summed E-state index contributed by atoms with van der Waals surface area (Å²) in [4.78, 5) is 12.1. The van der Waals surface area contributed by atoms with Gasteiger partial charge in [-0.1, -0.05) is 11.3 Å². The summed E-state index contributed by atoms with van der Waals surface area (Å²) in [6.07, 6.45) is -3.08. The maximum atomic E-state index is 12.7. The highest BCUT2D eigenvalue weighted by molar-refractivity contribution is 5.92. The van der Waals surface area contributed by atoms with Gasteiger partial charge in [0.05, 0.1) is 30.2 Å². The Bertz CT molecular complexity index is 938. The van der Waals surface area contributed by atoms with Gasteiger partial charge >= 0.3 is 6.18 Å². The predicted octanol–water partition coefficient (Wildman–Crippen LogP) is 3.05. The van der Waals surface area contributed by atoms with Crippen molar-refractivity contribution < 1.29 is 22.7 Å². The minimum absolute atomic E-state index is 0.00899. The number of hydrazine groups is 1. The average Bonchev–Trinajstić information content (AvgIpc) is 3.16. The second-order valence-corrected chi connectivity index (χ2v) is 5.40. The van der Waals surface area contributed by atoms with Gasteiger partial charge in [0, 0.05) is 0 Å². The van der Waals surface area contributed by atoms with E-state index >= 15 is 0 Å². The fourth-order valence-electron chi connectivity index (χ4n) is 2.20. The van der Waals surface area contributed by atoms with Crippen LogP contribution in [-0.4, -0.2) is 28.0 Å². The van der Waals surface area contributed by atoms with Crippen LogP contribution in [0.15, 0.2) is 54.7 Å². The molecule has 27 heavy (non-hydrogen) atoms. The molecule has 2 N–H and O–H groups in total. The molecule has 2 aromatic carbocycles. The minimum Gasteiger partial charge on any atom is -0.497 e. The van der Waals surface area contributed by atoms with Crippen molar-refractivity contribution in [2.45, 2.75) is 6.18 Å². The van der Waals surface area contributed by atoms with Gasteiger partial charge in [-0.05, 0) is 42.5 Å². The Morgan fingerprint density at radius 3 is 2.56 bits per heavy atom. The molecule has 1 aromatic heterocycles. The average molecular weight is 377 g/mol. The number of benzene rings is 2. The Morgan fingerprint density at radius 1 is 1.15 bits per heavy atom. The molecule has 0 aliphatic rings. The van der Waals surface area contributed by atoms with Crippen LogP contribution in [0.1, 0.15) is 16.1 Å². The molecule has 0 aliphatic heterocycles. The number of aromatic nitrogens is 3. The number of halogens is 3. The van der Waals surface area contributed by atoms with Gasteiger partial charge in [0.15, 0.2) is 5.69 Å². The summed E-state index contributed by atoms with van der Waals surface area (Å²) in [6.45, 7) is 0. The van der Waals surface area contributed by atoms with Crippen molar-refractivity contribution in [1.29, 1.82) is 0 Å². The number of nitrogens with zero attached hydrogens (tertiary/aromatic N) is 3. The second kappa shape index (κ2) is 7.36. The molecule has 1 amide bonds. The number of rotatable bonds is 5. The lowest BCUT2D eigenvalue weighted by atomic mass is 10.2. The zero-order chi connectivity index (χ0) is 19.4. The Kier molecular flexibility index (Phi) is 4.97. The van der Waals surface area contributed by atoms with Crippen LogP contribution in [0.2, 0.25) is 0 Å². The van der Waals surface area contributed by atoms with Crippen molar-refractivity contribution in [3.8, 4) is 11.4 Å². The summed E-state index contributed by atoms with van der Waals surface area (Å²) in [5.41, 5.74) is 4.62. The third-order valence-corrected chi connectivity index (χ3v) is 3.57. The molecule has 0 unspecified atom stereocenters. The van der Waals surface area contributed by atoms with E-state index in [4.69, 9.17) is 4.74 Å². The number of anilines is 1. The van der Waals surface area contributed by atoms with Crippen LogP contribution < -0.4 is 15.6 Å². The van der Waals surface area contributed by atoms with Crippen molar-refractivity contribution in [2.24, 2.45) is 0 Å². The van der Waals surface area contributed by atoms with Crippen molar-refractivity contribution in [3.05, 3.63) is 66.0 Å². The number of amides is 1. The van der Waals surface area contributed by atoms with E-state index < -0.39 is 17.6 Å². The lowest BCUT2D eigenvalue weighted by Crippen LogP contribution is -2.29. The second-order valence-electron chi connectivity index (χ2n) is 5.40. The van der Waals surface area contributed by atoms with E-state index in [1.54, 1.807) is 31.4 Å². The topological polar surface area (TPSA) is 81.1 Å². The van der Waals surface area contributed by atoms with Crippen LogP contribution in [0, 0.1) is 0 Å². The molecule has 0 bridgehead atoms. The molecular formula is C17H14F3N5O2. The Labute approximate surface area is 151 Å². The molecule has 10 heteroatoms. The van der Waals surface area contributed by atoms with E-state index in [1.165, 1.54) is 23.0 Å². The number of alkyl halides is 3. The van der Waals surface area contributed by atoms with Crippen LogP contribution in [0.4, 0.5) is 18.9 Å². The lowest BCUT2D eigenvalue weighted by molar-refractivity contribution is -0.137. The van der Waals surface area contributed by atoms with E-state index in [9.17, 15) is 18.0 Å². The third kappa shape index (κ3) is 4.35. The number of hydrogen-bond donors (Lipinski definition) is 2. The van der Waals surface area contributed by atoms with Crippen LogP contribution in [0.25, 0.3) is 5.69 Å². The van der Waals surface area contributed by atoms with Crippen LogP contribution >= 0.6 is 0 Å². The van der Waals surface area contributed by atoms with Crippen LogP contribution in [0.3, 0.4) is 0 Å². The highest BCUT2D eigenvalue weighted by atomic mass is 19.4. The number of ether oxygens (including phenoxy) is 1. The van der Waals surface area contributed by atoms with E-state index in [2.05, 4.69) is 21.2 Å². The monoisotopic (exact) mass is 377 g/mol. The summed E-state index contributed by atoms with van der Waals surface area (Å²) in [5.74, 6) is 0.0225. The van der Waals surface area contributed by atoms with E-state index in [0.29, 0.717) is 11.4 Å². The van der Waals surface area contributed by atoms with Gasteiger partial charge in [-0.2, -0.15) is 13.2 Å². The number of hydrogen-bond acceptors (Lipinski definition) is 5. The molecule has 0 saturated carbocycles. The van der Waals surface area contributed by atoms with Crippen LogP contribution in [-0.2, 0) is 6.18 Å². The first-order valence-corrected chi connectivity index (χ1v) is 7.67. The molecule has 0 atom stereocenters. The van der Waals surface area contributed by atoms with Crippen molar-refractivity contribution >= 4 is 11.6 Å². The van der Waals surface area contributed by atoms with Crippen molar-refractivity contribution in [3.63, 3.8) is 0 Å². The Balaban J connectivity index is 1.66. The lowest BCUT2D eigenvalue weighted by Gasteiger charge is -2.10. The Morgan fingerprint density at radius 2 is 1.89 bits per heavy atom. The summed E-state index contributed by atoms with van der Waals surface area (Å²) >= 11 is 0.